The van der Waals surface area contributed by atoms with Gasteiger partial charge in [-0.1, -0.05) is 6.07 Å². The molecule has 0 radical (unpaired) electrons. The first kappa shape index (κ1) is 13.1. The number of amides is 1. The van der Waals surface area contributed by atoms with E-state index in [0.29, 0.717) is 5.56 Å². The summed E-state index contributed by atoms with van der Waals surface area (Å²) < 4.78 is 30.7. The predicted molar refractivity (Wildman–Crippen MR) is 60.9 cm³/mol. The van der Waals surface area contributed by atoms with Crippen LogP contribution >= 0.6 is 0 Å². The summed E-state index contributed by atoms with van der Waals surface area (Å²) in [6.45, 7) is 1.53. The van der Waals surface area contributed by atoms with Gasteiger partial charge in [0.15, 0.2) is 0 Å². The zero-order valence-electron chi connectivity index (χ0n) is 9.22. The second-order valence-corrected chi connectivity index (χ2v) is 4.56. The quantitative estimate of drug-likeness (QED) is 0.742. The van der Waals surface area contributed by atoms with E-state index in [4.69, 9.17) is 0 Å². The number of phenols is 1. The highest BCUT2D eigenvalue weighted by atomic mass is 32.2. The summed E-state index contributed by atoms with van der Waals surface area (Å²) in [5.74, 6) is -0.0525. The van der Waals surface area contributed by atoms with Crippen molar-refractivity contribution < 1.29 is 23.1 Å². The first-order valence-electron chi connectivity index (χ1n) is 4.53. The molecule has 0 unspecified atom stereocenters. The van der Waals surface area contributed by atoms with Crippen LogP contribution in [0.25, 0.3) is 0 Å². The topological polar surface area (TPSA) is 105 Å². The van der Waals surface area contributed by atoms with Crippen molar-refractivity contribution >= 4 is 22.0 Å². The van der Waals surface area contributed by atoms with Crippen LogP contribution in [0, 0.1) is 6.92 Å². The maximum absolute atomic E-state index is 11.4. The number of rotatable bonds is 3. The monoisotopic (exact) mass is 260 g/mol. The minimum Gasteiger partial charge on any atom is -0.508 e. The van der Waals surface area contributed by atoms with Gasteiger partial charge in [-0.15, -0.1) is 0 Å². The van der Waals surface area contributed by atoms with E-state index < -0.39 is 16.3 Å². The average molecular weight is 260 g/mol. The Labute approximate surface area is 98.6 Å². The van der Waals surface area contributed by atoms with Crippen molar-refractivity contribution in [3.8, 4) is 5.75 Å². The van der Waals surface area contributed by atoms with Gasteiger partial charge in [-0.25, -0.2) is 9.52 Å². The molecule has 8 heteroatoms. The lowest BCUT2D eigenvalue weighted by Crippen LogP contribution is -2.35. The smallest absolute Gasteiger partial charge is 0.422 e. The van der Waals surface area contributed by atoms with Gasteiger partial charge in [0.1, 0.15) is 5.75 Å². The molecule has 0 aliphatic carbocycles. The fraction of sp³-hybridized carbons (Fsp3) is 0.222. The first-order chi connectivity index (χ1) is 7.85. The molecule has 0 aliphatic heterocycles. The van der Waals surface area contributed by atoms with Gasteiger partial charge in [-0.2, -0.15) is 8.42 Å². The fourth-order valence-electron chi connectivity index (χ4n) is 1.06. The lowest BCUT2D eigenvalue weighted by molar-refractivity contribution is 0.177. The van der Waals surface area contributed by atoms with Crippen LogP contribution in [0.1, 0.15) is 5.56 Å². The van der Waals surface area contributed by atoms with Gasteiger partial charge in [0.25, 0.3) is 0 Å². The highest BCUT2D eigenvalue weighted by Gasteiger charge is 2.16. The van der Waals surface area contributed by atoms with Gasteiger partial charge in [-0.3, -0.25) is 4.72 Å². The number of nitrogens with one attached hydrogen (secondary N) is 2. The largest absolute Gasteiger partial charge is 0.508 e. The summed E-state index contributed by atoms with van der Waals surface area (Å²) in [7, 11) is -3.02. The van der Waals surface area contributed by atoms with Gasteiger partial charge in [0, 0.05) is 5.56 Å². The number of hydrogen-bond donors (Lipinski definition) is 3. The Kier molecular flexibility index (Phi) is 3.79. The number of phenolic OH excluding ortho intramolecular Hbond substituents is 1. The second kappa shape index (κ2) is 4.91. The van der Waals surface area contributed by atoms with Crippen molar-refractivity contribution in [1.29, 1.82) is 0 Å². The molecule has 7 nitrogen and oxygen atoms in total. The summed E-state index contributed by atoms with van der Waals surface area (Å²) in [5, 5.41) is 9.38. The second-order valence-electron chi connectivity index (χ2n) is 3.15. The minimum atomic E-state index is -4.07. The van der Waals surface area contributed by atoms with Gasteiger partial charge in [-0.05, 0) is 19.1 Å². The third-order valence-electron chi connectivity index (χ3n) is 1.95. The van der Waals surface area contributed by atoms with E-state index in [1.54, 1.807) is 4.72 Å². The number of benzene rings is 1. The third-order valence-corrected chi connectivity index (χ3v) is 2.88. The van der Waals surface area contributed by atoms with Crippen molar-refractivity contribution in [3.63, 3.8) is 0 Å². The standard InChI is InChI=1S/C9H12N2O5S/c1-6-7(4-3-5-8(6)12)10-17(14,15)11-9(13)16-2/h3-5,10,12H,1-2H3,(H,11,13). The number of aromatic hydroxyl groups is 1. The van der Waals surface area contributed by atoms with Crippen molar-refractivity contribution in [2.75, 3.05) is 11.8 Å². The molecule has 0 heterocycles. The number of anilines is 1. The lowest BCUT2D eigenvalue weighted by atomic mass is 10.2. The molecule has 0 aromatic heterocycles. The van der Waals surface area contributed by atoms with E-state index in [0.717, 1.165) is 7.11 Å². The van der Waals surface area contributed by atoms with Crippen LogP contribution in [0.5, 0.6) is 5.75 Å². The fourth-order valence-corrected chi connectivity index (χ4v) is 1.92. The van der Waals surface area contributed by atoms with Crippen LogP contribution in [-0.4, -0.2) is 26.7 Å². The molecule has 0 saturated carbocycles. The maximum Gasteiger partial charge on any atom is 0.422 e. The summed E-state index contributed by atoms with van der Waals surface area (Å²) in [6.07, 6.45) is -1.10. The minimum absolute atomic E-state index is 0.0525. The molecule has 1 aromatic carbocycles. The number of methoxy groups -OCH3 is 1. The zero-order chi connectivity index (χ0) is 13.1. The number of carbonyl (C=O) groups is 1. The van der Waals surface area contributed by atoms with Crippen LogP contribution < -0.4 is 9.44 Å². The van der Waals surface area contributed by atoms with Crippen LogP contribution in [0.2, 0.25) is 0 Å². The van der Waals surface area contributed by atoms with Gasteiger partial charge in [0.2, 0.25) is 0 Å². The molecule has 94 valence electrons. The van der Waals surface area contributed by atoms with E-state index in [-0.39, 0.29) is 11.4 Å². The van der Waals surface area contributed by atoms with Gasteiger partial charge < -0.3 is 9.84 Å². The van der Waals surface area contributed by atoms with Crippen LogP contribution in [0.4, 0.5) is 10.5 Å². The van der Waals surface area contributed by atoms with Gasteiger partial charge in [0.05, 0.1) is 12.8 Å². The molecular formula is C9H12N2O5S. The Morgan fingerprint density at radius 1 is 1.41 bits per heavy atom. The Morgan fingerprint density at radius 3 is 2.65 bits per heavy atom. The van der Waals surface area contributed by atoms with Crippen LogP contribution in [0.3, 0.4) is 0 Å². The number of hydrogen-bond acceptors (Lipinski definition) is 5. The molecule has 1 rings (SSSR count). The van der Waals surface area contributed by atoms with E-state index in [9.17, 15) is 18.3 Å². The summed E-state index contributed by atoms with van der Waals surface area (Å²) in [6, 6.07) is 4.34. The molecule has 3 N–H and O–H groups in total. The average Bonchev–Trinajstić information content (AvgIpc) is 2.23. The lowest BCUT2D eigenvalue weighted by Gasteiger charge is -2.11. The molecule has 17 heavy (non-hydrogen) atoms. The van der Waals surface area contributed by atoms with E-state index in [1.807, 2.05) is 0 Å². The number of ether oxygens (including phenoxy) is 1. The third kappa shape index (κ3) is 3.52. The van der Waals surface area contributed by atoms with E-state index >= 15 is 0 Å². The van der Waals surface area contributed by atoms with Gasteiger partial charge >= 0.3 is 16.3 Å². The summed E-state index contributed by atoms with van der Waals surface area (Å²) >= 11 is 0. The molecule has 0 bridgehead atoms. The summed E-state index contributed by atoms with van der Waals surface area (Å²) in [4.78, 5) is 10.8. The number of carbonyl (C=O) groups excluding carboxylic acids is 1. The Balaban J connectivity index is 2.91. The first-order valence-corrected chi connectivity index (χ1v) is 6.01. The maximum atomic E-state index is 11.4. The Morgan fingerprint density at radius 2 is 2.06 bits per heavy atom. The molecule has 0 aliphatic rings. The molecule has 0 atom stereocenters. The molecule has 0 spiro atoms. The van der Waals surface area contributed by atoms with Crippen molar-refractivity contribution in [2.24, 2.45) is 0 Å². The summed E-state index contributed by atoms with van der Waals surface area (Å²) in [5.41, 5.74) is 0.518. The molecular weight excluding hydrogens is 248 g/mol. The highest BCUT2D eigenvalue weighted by Crippen LogP contribution is 2.24. The van der Waals surface area contributed by atoms with E-state index in [1.165, 1.54) is 25.1 Å². The van der Waals surface area contributed by atoms with Crippen LogP contribution in [0.15, 0.2) is 18.2 Å². The van der Waals surface area contributed by atoms with Crippen molar-refractivity contribution in [2.45, 2.75) is 6.92 Å². The predicted octanol–water partition coefficient (Wildman–Crippen LogP) is 0.713. The molecule has 1 amide bonds. The SMILES string of the molecule is COC(=O)NS(=O)(=O)Nc1cccc(O)c1C. The highest BCUT2D eigenvalue weighted by molar-refractivity contribution is 7.91. The Hall–Kier alpha value is -1.96. The van der Waals surface area contributed by atoms with Crippen molar-refractivity contribution in [1.82, 2.24) is 4.72 Å². The van der Waals surface area contributed by atoms with Crippen LogP contribution in [-0.2, 0) is 14.9 Å². The molecule has 0 saturated heterocycles. The zero-order valence-corrected chi connectivity index (χ0v) is 10.0. The van der Waals surface area contributed by atoms with Crippen molar-refractivity contribution in [3.05, 3.63) is 23.8 Å². The van der Waals surface area contributed by atoms with E-state index in [2.05, 4.69) is 9.46 Å². The Bertz CT molecular complexity index is 526. The molecule has 0 fully saturated rings. The molecule has 1 aromatic rings. The normalized spacial score (nSPS) is 10.7.